The van der Waals surface area contributed by atoms with E-state index >= 15 is 0 Å². The lowest BCUT2D eigenvalue weighted by Gasteiger charge is -2.14. The lowest BCUT2D eigenvalue weighted by molar-refractivity contribution is -0.119. The monoisotopic (exact) mass is 362 g/mol. The van der Waals surface area contributed by atoms with Gasteiger partial charge in [0, 0.05) is 11.3 Å². The molecule has 0 aliphatic heterocycles. The molecule has 2 rings (SSSR count). The molecule has 2 amide bonds. The number of amides is 2. The Morgan fingerprint density at radius 1 is 1.20 bits per heavy atom. The van der Waals surface area contributed by atoms with Gasteiger partial charge in [0.15, 0.2) is 18.1 Å². The van der Waals surface area contributed by atoms with Crippen molar-refractivity contribution < 1.29 is 19.1 Å². The average Bonchev–Trinajstić information content (AvgIpc) is 2.56. The third-order valence-corrected chi connectivity index (χ3v) is 3.77. The van der Waals surface area contributed by atoms with Crippen molar-refractivity contribution in [3.05, 3.63) is 52.0 Å². The van der Waals surface area contributed by atoms with Gasteiger partial charge in [-0.1, -0.05) is 23.7 Å². The normalized spacial score (nSPS) is 10.2. The Labute approximate surface area is 150 Å². The fraction of sp³-hybridized carbons (Fsp3) is 0.222. The van der Waals surface area contributed by atoms with E-state index in [1.54, 1.807) is 0 Å². The van der Waals surface area contributed by atoms with Gasteiger partial charge in [-0.3, -0.25) is 9.59 Å². The molecule has 0 saturated heterocycles. The van der Waals surface area contributed by atoms with Crippen LogP contribution in [0.3, 0.4) is 0 Å². The van der Waals surface area contributed by atoms with Crippen molar-refractivity contribution in [3.63, 3.8) is 0 Å². The van der Waals surface area contributed by atoms with Crippen LogP contribution >= 0.6 is 11.6 Å². The van der Waals surface area contributed by atoms with Gasteiger partial charge in [0.1, 0.15) is 0 Å². The number of ether oxygens (including phenoxy) is 2. The predicted molar refractivity (Wildman–Crippen MR) is 96.6 cm³/mol. The van der Waals surface area contributed by atoms with Crippen LogP contribution in [0.25, 0.3) is 0 Å². The molecule has 25 heavy (non-hydrogen) atoms. The van der Waals surface area contributed by atoms with E-state index in [9.17, 15) is 9.59 Å². The number of nitrogens with two attached hydrogens (primary N) is 1. The van der Waals surface area contributed by atoms with Crippen LogP contribution in [0.1, 0.15) is 21.5 Å². The van der Waals surface area contributed by atoms with Crippen molar-refractivity contribution in [2.45, 2.75) is 13.8 Å². The number of carbonyl (C=O) groups excluding carboxylic acids is 2. The molecule has 0 radical (unpaired) electrons. The Balaban J connectivity index is 2.29. The molecule has 0 saturated carbocycles. The molecule has 0 aromatic heterocycles. The van der Waals surface area contributed by atoms with E-state index in [0.29, 0.717) is 11.3 Å². The van der Waals surface area contributed by atoms with Gasteiger partial charge in [0.25, 0.3) is 11.8 Å². The van der Waals surface area contributed by atoms with Crippen LogP contribution in [0.4, 0.5) is 5.69 Å². The molecule has 0 atom stereocenters. The molecule has 0 aliphatic rings. The lowest BCUT2D eigenvalue weighted by Crippen LogP contribution is -2.20. The highest BCUT2D eigenvalue weighted by molar-refractivity contribution is 6.32. The number of benzene rings is 2. The fourth-order valence-corrected chi connectivity index (χ4v) is 2.46. The molecule has 2 aromatic carbocycles. The van der Waals surface area contributed by atoms with E-state index in [1.165, 1.54) is 19.2 Å². The average molecular weight is 363 g/mol. The number of methoxy groups -OCH3 is 1. The van der Waals surface area contributed by atoms with Gasteiger partial charge in [-0.15, -0.1) is 0 Å². The maximum absolute atomic E-state index is 12.5. The number of primary amides is 1. The number of hydrogen-bond acceptors (Lipinski definition) is 4. The quantitative estimate of drug-likeness (QED) is 0.826. The molecule has 0 aliphatic carbocycles. The first-order chi connectivity index (χ1) is 11.8. The minimum atomic E-state index is -0.644. The van der Waals surface area contributed by atoms with Crippen molar-refractivity contribution in [1.29, 1.82) is 0 Å². The van der Waals surface area contributed by atoms with Crippen molar-refractivity contribution in [3.8, 4) is 11.5 Å². The van der Waals surface area contributed by atoms with Gasteiger partial charge < -0.3 is 20.5 Å². The summed E-state index contributed by atoms with van der Waals surface area (Å²) in [6.07, 6.45) is 0. The number of hydrogen-bond donors (Lipinski definition) is 2. The van der Waals surface area contributed by atoms with Crippen LogP contribution in [-0.2, 0) is 4.79 Å². The zero-order chi connectivity index (χ0) is 18.6. The number of halogens is 1. The highest BCUT2D eigenvalue weighted by Gasteiger charge is 2.17. The minimum absolute atomic E-state index is 0.145. The molecule has 2 aromatic rings. The molecule has 6 nitrogen and oxygen atoms in total. The fourth-order valence-electron chi connectivity index (χ4n) is 2.20. The number of anilines is 1. The Morgan fingerprint density at radius 2 is 1.92 bits per heavy atom. The second-order valence-corrected chi connectivity index (χ2v) is 5.92. The smallest absolute Gasteiger partial charge is 0.255 e. The molecule has 0 bridgehead atoms. The maximum atomic E-state index is 12.5. The highest BCUT2D eigenvalue weighted by Crippen LogP contribution is 2.36. The lowest BCUT2D eigenvalue weighted by atomic mass is 10.1. The summed E-state index contributed by atoms with van der Waals surface area (Å²) in [5.41, 5.74) is 8.05. The number of nitrogens with one attached hydrogen (secondary N) is 1. The second kappa shape index (κ2) is 7.90. The molecular formula is C18H19ClN2O4. The summed E-state index contributed by atoms with van der Waals surface area (Å²) < 4.78 is 10.4. The molecule has 0 spiro atoms. The Hall–Kier alpha value is -2.73. The van der Waals surface area contributed by atoms with Crippen molar-refractivity contribution >= 4 is 29.1 Å². The van der Waals surface area contributed by atoms with E-state index in [4.69, 9.17) is 26.8 Å². The summed E-state index contributed by atoms with van der Waals surface area (Å²) >= 11 is 6.16. The topological polar surface area (TPSA) is 90.7 Å². The largest absolute Gasteiger partial charge is 0.493 e. The predicted octanol–water partition coefficient (Wildman–Crippen LogP) is 3.08. The van der Waals surface area contributed by atoms with E-state index in [2.05, 4.69) is 5.32 Å². The Kier molecular flexibility index (Phi) is 5.88. The number of carbonyl (C=O) groups is 2. The third kappa shape index (κ3) is 4.64. The van der Waals surface area contributed by atoms with Gasteiger partial charge >= 0.3 is 0 Å². The van der Waals surface area contributed by atoms with Crippen LogP contribution in [0, 0.1) is 13.8 Å². The van der Waals surface area contributed by atoms with Crippen LogP contribution in [-0.4, -0.2) is 25.5 Å². The number of aryl methyl sites for hydroxylation is 2. The minimum Gasteiger partial charge on any atom is -0.493 e. The van der Waals surface area contributed by atoms with Crippen LogP contribution in [0.2, 0.25) is 5.02 Å². The first-order valence-electron chi connectivity index (χ1n) is 7.49. The zero-order valence-electron chi connectivity index (χ0n) is 14.2. The second-order valence-electron chi connectivity index (χ2n) is 5.52. The SMILES string of the molecule is COc1cc(C(=O)Nc2cc(C)ccc2C)cc(Cl)c1OCC(N)=O. The van der Waals surface area contributed by atoms with Gasteiger partial charge in [0.2, 0.25) is 0 Å². The van der Waals surface area contributed by atoms with E-state index < -0.39 is 5.91 Å². The Bertz CT molecular complexity index is 821. The molecule has 0 fully saturated rings. The first-order valence-corrected chi connectivity index (χ1v) is 7.87. The summed E-state index contributed by atoms with van der Waals surface area (Å²) in [5, 5.41) is 2.99. The molecule has 3 N–H and O–H groups in total. The van der Waals surface area contributed by atoms with Crippen molar-refractivity contribution in [1.82, 2.24) is 0 Å². The number of rotatable bonds is 6. The standard InChI is InChI=1S/C18H19ClN2O4/c1-10-4-5-11(2)14(6-10)21-18(23)12-7-13(19)17(15(8-12)24-3)25-9-16(20)22/h4-8H,9H2,1-3H3,(H2,20,22)(H,21,23). The van der Waals surface area contributed by atoms with E-state index in [0.717, 1.165) is 11.1 Å². The van der Waals surface area contributed by atoms with E-state index in [-0.39, 0.29) is 29.0 Å². The van der Waals surface area contributed by atoms with Gasteiger partial charge in [-0.25, -0.2) is 0 Å². The van der Waals surface area contributed by atoms with Crippen LogP contribution < -0.4 is 20.5 Å². The van der Waals surface area contributed by atoms with Gasteiger partial charge in [-0.05, 0) is 43.2 Å². The van der Waals surface area contributed by atoms with Crippen molar-refractivity contribution in [2.24, 2.45) is 5.73 Å². The van der Waals surface area contributed by atoms with Crippen LogP contribution in [0.15, 0.2) is 30.3 Å². The van der Waals surface area contributed by atoms with Crippen molar-refractivity contribution in [2.75, 3.05) is 19.0 Å². The molecule has 132 valence electrons. The van der Waals surface area contributed by atoms with Crippen LogP contribution in [0.5, 0.6) is 11.5 Å². The first kappa shape index (κ1) is 18.6. The third-order valence-electron chi connectivity index (χ3n) is 3.49. The van der Waals surface area contributed by atoms with Gasteiger partial charge in [0.05, 0.1) is 12.1 Å². The Morgan fingerprint density at radius 3 is 2.56 bits per heavy atom. The summed E-state index contributed by atoms with van der Waals surface area (Å²) in [5.74, 6) is -0.587. The summed E-state index contributed by atoms with van der Waals surface area (Å²) in [4.78, 5) is 23.4. The maximum Gasteiger partial charge on any atom is 0.255 e. The molecular weight excluding hydrogens is 344 g/mol. The molecule has 7 heteroatoms. The zero-order valence-corrected chi connectivity index (χ0v) is 14.9. The summed E-state index contributed by atoms with van der Waals surface area (Å²) in [6.45, 7) is 3.51. The van der Waals surface area contributed by atoms with E-state index in [1.807, 2.05) is 32.0 Å². The highest BCUT2D eigenvalue weighted by atomic mass is 35.5. The molecule has 0 unspecified atom stereocenters. The summed E-state index contributed by atoms with van der Waals surface area (Å²) in [6, 6.07) is 8.72. The summed E-state index contributed by atoms with van der Waals surface area (Å²) in [7, 11) is 1.41. The molecule has 0 heterocycles. The van der Waals surface area contributed by atoms with Gasteiger partial charge in [-0.2, -0.15) is 0 Å².